The molecule has 0 radical (unpaired) electrons. The fraction of sp³-hybridized carbons (Fsp3) is 0.385. The number of nitrogens with zero attached hydrogens (tertiary/aromatic N) is 5. The van der Waals surface area contributed by atoms with Crippen molar-refractivity contribution < 1.29 is 24.5 Å². The summed E-state index contributed by atoms with van der Waals surface area (Å²) in [5.41, 5.74) is -0.715. The molecule has 1 aromatic carbocycles. The molecule has 3 aromatic rings. The van der Waals surface area contributed by atoms with Crippen molar-refractivity contribution in [2.75, 3.05) is 31.1 Å². The van der Waals surface area contributed by atoms with Crippen LogP contribution in [-0.4, -0.2) is 97.0 Å². The molecule has 2 saturated heterocycles. The van der Waals surface area contributed by atoms with Crippen LogP contribution in [0.2, 0.25) is 0 Å². The minimum atomic E-state index is -1.69. The van der Waals surface area contributed by atoms with Crippen LogP contribution in [0.25, 0.3) is 0 Å². The van der Waals surface area contributed by atoms with E-state index in [4.69, 9.17) is 4.74 Å². The number of anilines is 1. The van der Waals surface area contributed by atoms with E-state index < -0.39 is 47.7 Å². The lowest BCUT2D eigenvalue weighted by atomic mass is 10.0. The topological polar surface area (TPSA) is 183 Å². The highest BCUT2D eigenvalue weighted by Gasteiger charge is 2.48. The number of hydrogen-bond donors (Lipinski definition) is 4. The van der Waals surface area contributed by atoms with Crippen molar-refractivity contribution in [3.05, 3.63) is 87.5 Å². The van der Waals surface area contributed by atoms with Crippen LogP contribution >= 0.6 is 0 Å². The van der Waals surface area contributed by atoms with Gasteiger partial charge < -0.3 is 30.1 Å². The second kappa shape index (κ2) is 11.8. The molecule has 210 valence electrons. The Morgan fingerprint density at radius 3 is 2.38 bits per heavy atom. The Morgan fingerprint density at radius 1 is 1.00 bits per heavy atom. The van der Waals surface area contributed by atoms with Gasteiger partial charge in [0.05, 0.1) is 0 Å². The number of aromatic nitrogens is 4. The van der Waals surface area contributed by atoms with E-state index in [1.165, 1.54) is 0 Å². The third-order valence-electron chi connectivity index (χ3n) is 6.95. The van der Waals surface area contributed by atoms with Gasteiger partial charge in [0, 0.05) is 57.3 Å². The maximum absolute atomic E-state index is 13.6. The molecule has 0 aliphatic carbocycles. The summed E-state index contributed by atoms with van der Waals surface area (Å²) < 4.78 is 6.46. The second-order valence-electron chi connectivity index (χ2n) is 9.56. The highest BCUT2D eigenvalue weighted by Crippen LogP contribution is 2.28. The van der Waals surface area contributed by atoms with Gasteiger partial charge >= 0.3 is 5.69 Å². The molecule has 0 unspecified atom stereocenters. The van der Waals surface area contributed by atoms with Crippen molar-refractivity contribution in [1.82, 2.24) is 29.7 Å². The third-order valence-corrected chi connectivity index (χ3v) is 6.95. The number of hydrogen-bond acceptors (Lipinski definition) is 10. The number of carbonyl (C=O) groups excluding carboxylic acids is 2. The zero-order chi connectivity index (χ0) is 28.2. The first kappa shape index (κ1) is 27.2. The van der Waals surface area contributed by atoms with E-state index in [1.807, 2.05) is 40.2 Å². The number of H-pyrrole nitrogens is 1. The van der Waals surface area contributed by atoms with Crippen LogP contribution < -0.4 is 21.5 Å². The van der Waals surface area contributed by atoms with E-state index in [0.29, 0.717) is 32.1 Å². The number of rotatable bonds is 7. The minimum Gasteiger partial charge on any atom is -0.387 e. The van der Waals surface area contributed by atoms with Crippen molar-refractivity contribution in [2.45, 2.75) is 37.0 Å². The van der Waals surface area contributed by atoms with Gasteiger partial charge in [-0.05, 0) is 11.6 Å². The Balaban J connectivity index is 1.30. The molecule has 5 atom stereocenters. The van der Waals surface area contributed by atoms with Crippen LogP contribution in [0.15, 0.2) is 70.6 Å². The predicted molar refractivity (Wildman–Crippen MR) is 140 cm³/mol. The van der Waals surface area contributed by atoms with Crippen molar-refractivity contribution in [3.63, 3.8) is 0 Å². The van der Waals surface area contributed by atoms with Gasteiger partial charge in [-0.25, -0.2) is 14.8 Å². The lowest BCUT2D eigenvalue weighted by Crippen LogP contribution is -2.57. The van der Waals surface area contributed by atoms with Gasteiger partial charge in [-0.15, -0.1) is 0 Å². The van der Waals surface area contributed by atoms with Gasteiger partial charge in [0.1, 0.15) is 18.2 Å². The maximum Gasteiger partial charge on any atom is 0.330 e. The largest absolute Gasteiger partial charge is 0.387 e. The average Bonchev–Trinajstić information content (AvgIpc) is 3.27. The number of benzene rings is 1. The number of piperazine rings is 1. The van der Waals surface area contributed by atoms with E-state index in [-0.39, 0.29) is 12.3 Å². The van der Waals surface area contributed by atoms with Crippen molar-refractivity contribution in [2.24, 2.45) is 0 Å². The molecule has 2 aliphatic heterocycles. The molecule has 4 N–H and O–H groups in total. The molecule has 0 bridgehead atoms. The number of carbonyl (C=O) groups is 2. The van der Waals surface area contributed by atoms with Gasteiger partial charge in [0.25, 0.3) is 11.5 Å². The number of amides is 2. The van der Waals surface area contributed by atoms with E-state index >= 15 is 0 Å². The van der Waals surface area contributed by atoms with E-state index in [1.54, 1.807) is 23.4 Å². The first-order valence-electron chi connectivity index (χ1n) is 12.8. The fourth-order valence-corrected chi connectivity index (χ4v) is 4.84. The summed E-state index contributed by atoms with van der Waals surface area (Å²) in [6, 6.07) is 10.9. The van der Waals surface area contributed by atoms with Gasteiger partial charge in [-0.3, -0.25) is 23.9 Å². The highest BCUT2D eigenvalue weighted by atomic mass is 16.6. The molecule has 0 spiro atoms. The molecule has 2 fully saturated rings. The Kier molecular flexibility index (Phi) is 8.00. The smallest absolute Gasteiger partial charge is 0.330 e. The summed E-state index contributed by atoms with van der Waals surface area (Å²) in [5, 5.41) is 23.8. The monoisotopic (exact) mass is 551 g/mol. The normalized spacial score (nSPS) is 23.6. The number of ether oxygens (including phenoxy) is 1. The van der Waals surface area contributed by atoms with Gasteiger partial charge in [-0.1, -0.05) is 30.3 Å². The Morgan fingerprint density at radius 2 is 1.70 bits per heavy atom. The minimum absolute atomic E-state index is 0.182. The van der Waals surface area contributed by atoms with Crippen LogP contribution in [0.5, 0.6) is 0 Å². The SMILES string of the molecule is O=C(N[C@H](Cc1ccccc1)C(=O)N1CCN(c2ncccn2)CC1)[C@H]1O[C@@H](n2ccc(=O)[nH]c2=O)[C@H](O)[C@@H]1O. The molecule has 0 saturated carbocycles. The van der Waals surface area contributed by atoms with Crippen LogP contribution in [0.1, 0.15) is 11.8 Å². The van der Waals surface area contributed by atoms with Crippen molar-refractivity contribution >= 4 is 17.8 Å². The average molecular weight is 552 g/mol. The molecular weight excluding hydrogens is 522 g/mol. The lowest BCUT2D eigenvalue weighted by Gasteiger charge is -2.36. The predicted octanol–water partition coefficient (Wildman–Crippen LogP) is -1.98. The first-order valence-corrected chi connectivity index (χ1v) is 12.8. The van der Waals surface area contributed by atoms with Crippen LogP contribution in [0.4, 0.5) is 5.95 Å². The zero-order valence-corrected chi connectivity index (χ0v) is 21.4. The van der Waals surface area contributed by atoms with Gasteiger partial charge in [0.15, 0.2) is 12.3 Å². The number of aromatic amines is 1. The Labute approximate surface area is 227 Å². The second-order valence-corrected chi connectivity index (χ2v) is 9.56. The molecule has 4 heterocycles. The molecule has 2 aliphatic rings. The highest BCUT2D eigenvalue weighted by molar-refractivity contribution is 5.90. The van der Waals surface area contributed by atoms with Crippen molar-refractivity contribution in [3.8, 4) is 0 Å². The molecular formula is C26H29N7O7. The van der Waals surface area contributed by atoms with Gasteiger partial charge in [-0.2, -0.15) is 0 Å². The number of aliphatic hydroxyl groups is 2. The Bertz CT molecular complexity index is 1440. The zero-order valence-electron chi connectivity index (χ0n) is 21.4. The number of aliphatic hydroxyl groups excluding tert-OH is 2. The Hall–Kier alpha value is -4.40. The maximum atomic E-state index is 13.6. The summed E-state index contributed by atoms with van der Waals surface area (Å²) in [6.45, 7) is 1.79. The van der Waals surface area contributed by atoms with E-state index in [2.05, 4.69) is 15.3 Å². The summed E-state index contributed by atoms with van der Waals surface area (Å²) in [4.78, 5) is 64.7. The van der Waals surface area contributed by atoms with E-state index in [0.717, 1.165) is 22.4 Å². The standard InChI is InChI=1S/C26H29N7O7/c34-18-7-10-33(26(39)30-18)24-20(36)19(35)21(40-24)22(37)29-17(15-16-5-2-1-3-6-16)23(38)31-11-13-32(14-12-31)25-27-8-4-9-28-25/h1-10,17,19-21,24,35-36H,11-15H2,(H,29,37)(H,30,34,39)/t17-,19+,20-,21+,24-/m1/s1. The molecule has 40 heavy (non-hydrogen) atoms. The lowest BCUT2D eigenvalue weighted by molar-refractivity contribution is -0.143. The summed E-state index contributed by atoms with van der Waals surface area (Å²) in [5.74, 6) is -0.560. The number of nitrogens with one attached hydrogen (secondary N) is 2. The van der Waals surface area contributed by atoms with Crippen LogP contribution in [0.3, 0.4) is 0 Å². The summed E-state index contributed by atoms with van der Waals surface area (Å²) in [7, 11) is 0. The fourth-order valence-electron chi connectivity index (χ4n) is 4.84. The van der Waals surface area contributed by atoms with Crippen LogP contribution in [-0.2, 0) is 20.7 Å². The quantitative estimate of drug-likeness (QED) is 0.257. The van der Waals surface area contributed by atoms with Gasteiger partial charge in [0.2, 0.25) is 11.9 Å². The molecule has 14 nitrogen and oxygen atoms in total. The molecule has 2 aromatic heterocycles. The first-order chi connectivity index (χ1) is 19.3. The van der Waals surface area contributed by atoms with E-state index in [9.17, 15) is 29.4 Å². The molecule has 2 amide bonds. The van der Waals surface area contributed by atoms with Crippen LogP contribution in [0, 0.1) is 0 Å². The molecule has 5 rings (SSSR count). The molecule has 14 heteroatoms. The third kappa shape index (κ3) is 5.78. The summed E-state index contributed by atoms with van der Waals surface area (Å²) in [6.07, 6.45) is -1.74. The van der Waals surface area contributed by atoms with Crippen molar-refractivity contribution in [1.29, 1.82) is 0 Å². The summed E-state index contributed by atoms with van der Waals surface area (Å²) >= 11 is 0.